The molecule has 1 aromatic rings. The average Bonchev–Trinajstić information content (AvgIpc) is 3.13. The fourth-order valence-corrected chi connectivity index (χ4v) is 4.21. The van der Waals surface area contributed by atoms with Crippen LogP contribution in [0.15, 0.2) is 18.3 Å². The smallest absolute Gasteiger partial charge is 0.269 e. The van der Waals surface area contributed by atoms with Gasteiger partial charge in [-0.3, -0.25) is 9.78 Å². The first-order valence-corrected chi connectivity index (χ1v) is 9.74. The molecule has 2 aliphatic rings. The topological polar surface area (TPSA) is 42.0 Å². The summed E-state index contributed by atoms with van der Waals surface area (Å²) in [5, 5.41) is 3.10. The summed E-state index contributed by atoms with van der Waals surface area (Å²) in [6, 6.07) is 4.04. The van der Waals surface area contributed by atoms with Crippen LogP contribution in [0.5, 0.6) is 0 Å². The number of hydrogen-bond donors (Lipinski definition) is 1. The lowest BCUT2D eigenvalue weighted by atomic mass is 9.70. The fraction of sp³-hybridized carbons (Fsp3) is 0.700. The number of pyridine rings is 1. The molecule has 0 aliphatic heterocycles. The summed E-state index contributed by atoms with van der Waals surface area (Å²) in [5.41, 5.74) is 1.20. The van der Waals surface area contributed by atoms with Crippen molar-refractivity contribution in [2.45, 2.75) is 88.4 Å². The second kappa shape index (κ2) is 8.18. The van der Waals surface area contributed by atoms with Crippen molar-refractivity contribution < 1.29 is 4.79 Å². The number of carbonyl (C=O) groups is 1. The number of rotatable bonds is 3. The minimum atomic E-state index is -0.577. The number of aromatic nitrogens is 1. The monoisotopic (exact) mass is 324 g/mol. The van der Waals surface area contributed by atoms with E-state index < -0.39 is 5.44 Å². The lowest BCUT2D eigenvalue weighted by Crippen LogP contribution is -2.49. The Hall–Kier alpha value is -1.32. The molecule has 1 heterocycles. The Morgan fingerprint density at radius 3 is 2.33 bits per heavy atom. The molecular formula is C20H29BN2O. The number of nitrogens with zero attached hydrogens (tertiary/aromatic N) is 1. The molecule has 0 atom stereocenters. The Morgan fingerprint density at radius 1 is 1.04 bits per heavy atom. The molecule has 0 aromatic carbocycles. The molecule has 0 unspecified atom stereocenters. The third-order valence-corrected chi connectivity index (χ3v) is 5.70. The van der Waals surface area contributed by atoms with E-state index in [-0.39, 0.29) is 5.91 Å². The number of carbonyl (C=O) groups excluding carboxylic acids is 1. The van der Waals surface area contributed by atoms with Crippen LogP contribution in [0.2, 0.25) is 0 Å². The van der Waals surface area contributed by atoms with Crippen LogP contribution in [-0.4, -0.2) is 24.2 Å². The van der Waals surface area contributed by atoms with Gasteiger partial charge in [0.1, 0.15) is 13.5 Å². The van der Waals surface area contributed by atoms with Crippen molar-refractivity contribution in [1.29, 1.82) is 0 Å². The Kier molecular flexibility index (Phi) is 5.96. The van der Waals surface area contributed by atoms with Gasteiger partial charge in [-0.05, 0) is 49.3 Å². The quantitative estimate of drug-likeness (QED) is 0.834. The molecule has 2 radical (unpaired) electrons. The summed E-state index contributed by atoms with van der Waals surface area (Å²) in [4.78, 5) is 17.0. The molecule has 0 saturated heterocycles. The van der Waals surface area contributed by atoms with Crippen molar-refractivity contribution in [1.82, 2.24) is 10.3 Å². The Morgan fingerprint density at radius 2 is 1.67 bits per heavy atom. The van der Waals surface area contributed by atoms with Gasteiger partial charge in [-0.25, -0.2) is 0 Å². The Balaban J connectivity index is 1.67. The molecule has 24 heavy (non-hydrogen) atoms. The van der Waals surface area contributed by atoms with Crippen molar-refractivity contribution in [2.24, 2.45) is 0 Å². The van der Waals surface area contributed by atoms with Gasteiger partial charge < -0.3 is 5.32 Å². The highest BCUT2D eigenvalue weighted by Gasteiger charge is 2.27. The first-order valence-electron chi connectivity index (χ1n) is 9.74. The highest BCUT2D eigenvalue weighted by molar-refractivity contribution is 6.17. The van der Waals surface area contributed by atoms with E-state index in [1.165, 1.54) is 56.9 Å². The van der Waals surface area contributed by atoms with Crippen LogP contribution in [-0.2, 0) is 0 Å². The SMILES string of the molecule is [B]C1(NC(=O)c2cc(C3CCCC3)ccn2)CCCCCCCC1. The molecule has 4 heteroatoms. The molecule has 2 saturated carbocycles. The van der Waals surface area contributed by atoms with Crippen molar-refractivity contribution in [2.75, 3.05) is 0 Å². The fourth-order valence-electron chi connectivity index (χ4n) is 4.21. The lowest BCUT2D eigenvalue weighted by molar-refractivity contribution is 0.0914. The maximum Gasteiger partial charge on any atom is 0.269 e. The van der Waals surface area contributed by atoms with E-state index in [9.17, 15) is 4.79 Å². The molecule has 0 spiro atoms. The standard InChI is InChI=1S/C20H29BN2O/c21-20(12-7-3-1-2-4-8-13-20)23-19(24)18-15-17(11-14-22-18)16-9-5-6-10-16/h11,14-16H,1-10,12-13H2,(H,23,24). The molecule has 0 bridgehead atoms. The number of amides is 1. The van der Waals surface area contributed by atoms with E-state index in [0.29, 0.717) is 11.6 Å². The highest BCUT2D eigenvalue weighted by atomic mass is 16.2. The van der Waals surface area contributed by atoms with Crippen molar-refractivity contribution in [3.63, 3.8) is 0 Å². The maximum atomic E-state index is 12.7. The van der Waals surface area contributed by atoms with Gasteiger partial charge >= 0.3 is 0 Å². The summed E-state index contributed by atoms with van der Waals surface area (Å²) in [5.74, 6) is 0.480. The molecule has 2 fully saturated rings. The average molecular weight is 324 g/mol. The summed E-state index contributed by atoms with van der Waals surface area (Å²) in [6.45, 7) is 0. The zero-order valence-corrected chi connectivity index (χ0v) is 14.7. The van der Waals surface area contributed by atoms with Gasteiger partial charge in [0.2, 0.25) is 0 Å². The minimum absolute atomic E-state index is 0.114. The largest absolute Gasteiger partial charge is 0.354 e. The molecular weight excluding hydrogens is 295 g/mol. The van der Waals surface area contributed by atoms with E-state index in [1.807, 2.05) is 6.07 Å². The Bertz CT molecular complexity index is 544. The van der Waals surface area contributed by atoms with Crippen molar-refractivity contribution in [3.05, 3.63) is 29.6 Å². The van der Waals surface area contributed by atoms with Crippen LogP contribution < -0.4 is 5.32 Å². The van der Waals surface area contributed by atoms with Crippen molar-refractivity contribution >= 4 is 13.8 Å². The first-order chi connectivity index (χ1) is 11.7. The van der Waals surface area contributed by atoms with Gasteiger partial charge in [0, 0.05) is 11.6 Å². The van der Waals surface area contributed by atoms with Crippen molar-refractivity contribution in [3.8, 4) is 0 Å². The third kappa shape index (κ3) is 4.61. The van der Waals surface area contributed by atoms with E-state index >= 15 is 0 Å². The second-order valence-electron chi connectivity index (χ2n) is 7.69. The van der Waals surface area contributed by atoms with E-state index in [1.54, 1.807) is 6.20 Å². The zero-order valence-electron chi connectivity index (χ0n) is 14.7. The summed E-state index contributed by atoms with van der Waals surface area (Å²) < 4.78 is 0. The van der Waals surface area contributed by atoms with Gasteiger partial charge in [-0.15, -0.1) is 0 Å². The first kappa shape index (κ1) is 17.5. The van der Waals surface area contributed by atoms with Gasteiger partial charge in [0.15, 0.2) is 0 Å². The number of hydrogen-bond acceptors (Lipinski definition) is 2. The van der Waals surface area contributed by atoms with Gasteiger partial charge in [-0.2, -0.15) is 0 Å². The molecule has 2 aliphatic carbocycles. The maximum absolute atomic E-state index is 12.7. The molecule has 3 nitrogen and oxygen atoms in total. The molecule has 1 N–H and O–H groups in total. The number of nitrogens with one attached hydrogen (secondary N) is 1. The van der Waals surface area contributed by atoms with Crippen LogP contribution in [0.4, 0.5) is 0 Å². The molecule has 3 rings (SSSR count). The summed E-state index contributed by atoms with van der Waals surface area (Å²) >= 11 is 0. The van der Waals surface area contributed by atoms with Crippen LogP contribution in [0, 0.1) is 0 Å². The van der Waals surface area contributed by atoms with Gasteiger partial charge in [0.05, 0.1) is 0 Å². The minimum Gasteiger partial charge on any atom is -0.354 e. The third-order valence-electron chi connectivity index (χ3n) is 5.70. The lowest BCUT2D eigenvalue weighted by Gasteiger charge is -2.31. The summed E-state index contributed by atoms with van der Waals surface area (Å²) in [7, 11) is 6.54. The highest BCUT2D eigenvalue weighted by Crippen LogP contribution is 2.34. The van der Waals surface area contributed by atoms with E-state index in [2.05, 4.69) is 16.4 Å². The van der Waals surface area contributed by atoms with Gasteiger partial charge in [-0.1, -0.05) is 51.4 Å². The molecule has 1 aromatic heterocycles. The predicted molar refractivity (Wildman–Crippen MR) is 98.3 cm³/mol. The van der Waals surface area contributed by atoms with E-state index in [4.69, 9.17) is 7.85 Å². The molecule has 128 valence electrons. The summed E-state index contributed by atoms with van der Waals surface area (Å²) in [6.07, 6.45) is 15.7. The van der Waals surface area contributed by atoms with Crippen LogP contribution in [0.3, 0.4) is 0 Å². The normalized spacial score (nSPS) is 22.3. The predicted octanol–water partition coefficient (Wildman–Crippen LogP) is 4.47. The van der Waals surface area contributed by atoms with E-state index in [0.717, 1.165) is 25.7 Å². The Labute approximate surface area is 147 Å². The van der Waals surface area contributed by atoms with Gasteiger partial charge in [0.25, 0.3) is 5.91 Å². The second-order valence-corrected chi connectivity index (χ2v) is 7.69. The van der Waals surface area contributed by atoms with Crippen LogP contribution in [0.25, 0.3) is 0 Å². The molecule has 1 amide bonds. The van der Waals surface area contributed by atoms with Crippen LogP contribution >= 0.6 is 0 Å². The zero-order chi connectivity index (χ0) is 16.8. The van der Waals surface area contributed by atoms with Crippen LogP contribution in [0.1, 0.15) is 99.0 Å².